The Kier molecular flexibility index (Phi) is 4.27. The molecule has 0 unspecified atom stereocenters. The van der Waals surface area contributed by atoms with Gasteiger partial charge in [0.2, 0.25) is 5.88 Å². The number of hydrogen-bond acceptors (Lipinski definition) is 6. The smallest absolute Gasteiger partial charge is 0.218 e. The molecule has 1 aromatic heterocycles. The van der Waals surface area contributed by atoms with Crippen LogP contribution in [0.5, 0.6) is 11.6 Å². The number of para-hydroxylation sites is 2. The number of phenolic OH excluding ortho intramolecular Hbond substituents is 1. The normalized spacial score (nSPS) is 15.0. The molecule has 1 fully saturated rings. The first-order chi connectivity index (χ1) is 10.8. The zero-order chi connectivity index (χ0) is 15.4. The number of ether oxygens (including phenoxy) is 1. The minimum Gasteiger partial charge on any atom is -0.506 e. The van der Waals surface area contributed by atoms with E-state index in [4.69, 9.17) is 4.74 Å². The third-order valence-electron chi connectivity index (χ3n) is 3.75. The van der Waals surface area contributed by atoms with Crippen LogP contribution in [0.25, 0.3) is 0 Å². The second kappa shape index (κ2) is 6.51. The summed E-state index contributed by atoms with van der Waals surface area (Å²) in [6, 6.07) is 9.33. The summed E-state index contributed by atoms with van der Waals surface area (Å²) in [5.41, 5.74) is 0.889. The number of benzene rings is 1. The molecule has 2 aromatic rings. The minimum atomic E-state index is 0.330. The number of rotatable bonds is 4. The molecule has 6 nitrogen and oxygen atoms in total. The number of piperazine rings is 1. The number of phenols is 1. The van der Waals surface area contributed by atoms with Gasteiger partial charge in [-0.3, -0.25) is 0 Å². The molecule has 0 aliphatic carbocycles. The third kappa shape index (κ3) is 3.05. The van der Waals surface area contributed by atoms with Gasteiger partial charge in [0.1, 0.15) is 17.9 Å². The van der Waals surface area contributed by atoms with Gasteiger partial charge in [-0.05, 0) is 19.1 Å². The molecule has 0 saturated carbocycles. The van der Waals surface area contributed by atoms with Crippen molar-refractivity contribution in [2.24, 2.45) is 0 Å². The van der Waals surface area contributed by atoms with Crippen molar-refractivity contribution in [1.82, 2.24) is 9.97 Å². The lowest BCUT2D eigenvalue weighted by Gasteiger charge is -2.36. The molecule has 6 heteroatoms. The Labute approximate surface area is 130 Å². The second-order valence-corrected chi connectivity index (χ2v) is 5.11. The van der Waals surface area contributed by atoms with E-state index in [1.807, 2.05) is 31.2 Å². The van der Waals surface area contributed by atoms with E-state index in [0.717, 1.165) is 37.7 Å². The average Bonchev–Trinajstić information content (AvgIpc) is 2.56. The van der Waals surface area contributed by atoms with E-state index >= 15 is 0 Å². The van der Waals surface area contributed by atoms with Crippen LogP contribution in [-0.2, 0) is 0 Å². The summed E-state index contributed by atoms with van der Waals surface area (Å²) in [5, 5.41) is 9.95. The molecule has 0 spiro atoms. The second-order valence-electron chi connectivity index (χ2n) is 5.11. The molecule has 0 bridgehead atoms. The molecule has 1 aliphatic rings. The van der Waals surface area contributed by atoms with Gasteiger partial charge in [0.15, 0.2) is 0 Å². The van der Waals surface area contributed by atoms with Gasteiger partial charge >= 0.3 is 0 Å². The van der Waals surface area contributed by atoms with Crippen molar-refractivity contribution in [3.63, 3.8) is 0 Å². The lowest BCUT2D eigenvalue weighted by atomic mass is 10.2. The number of anilines is 2. The molecule has 2 heterocycles. The van der Waals surface area contributed by atoms with Crippen LogP contribution in [-0.4, -0.2) is 47.9 Å². The van der Waals surface area contributed by atoms with Crippen molar-refractivity contribution in [2.45, 2.75) is 6.92 Å². The first-order valence-corrected chi connectivity index (χ1v) is 7.50. The molecule has 1 saturated heterocycles. The van der Waals surface area contributed by atoms with Gasteiger partial charge in [-0.2, -0.15) is 0 Å². The van der Waals surface area contributed by atoms with Gasteiger partial charge in [0, 0.05) is 32.2 Å². The molecule has 0 radical (unpaired) electrons. The molecule has 1 aliphatic heterocycles. The van der Waals surface area contributed by atoms with E-state index in [1.54, 1.807) is 6.07 Å². The highest BCUT2D eigenvalue weighted by atomic mass is 16.5. The highest BCUT2D eigenvalue weighted by Crippen LogP contribution is 2.28. The van der Waals surface area contributed by atoms with E-state index in [2.05, 4.69) is 19.8 Å². The Morgan fingerprint density at radius 3 is 2.55 bits per heavy atom. The molecule has 3 rings (SSSR count). The van der Waals surface area contributed by atoms with E-state index < -0.39 is 0 Å². The number of aromatic hydroxyl groups is 1. The number of nitrogens with zero attached hydrogens (tertiary/aromatic N) is 4. The summed E-state index contributed by atoms with van der Waals surface area (Å²) in [5.74, 6) is 1.82. The third-order valence-corrected chi connectivity index (χ3v) is 3.75. The topological polar surface area (TPSA) is 61.7 Å². The van der Waals surface area contributed by atoms with E-state index in [0.29, 0.717) is 18.2 Å². The summed E-state index contributed by atoms with van der Waals surface area (Å²) < 4.78 is 5.42. The van der Waals surface area contributed by atoms with Crippen molar-refractivity contribution >= 4 is 11.5 Å². The zero-order valence-electron chi connectivity index (χ0n) is 12.6. The first-order valence-electron chi connectivity index (χ1n) is 7.50. The maximum absolute atomic E-state index is 9.95. The molecular formula is C16H20N4O2. The quantitative estimate of drug-likeness (QED) is 0.930. The largest absolute Gasteiger partial charge is 0.506 e. The predicted molar refractivity (Wildman–Crippen MR) is 85.7 cm³/mol. The molecule has 0 atom stereocenters. The highest BCUT2D eigenvalue weighted by molar-refractivity contribution is 5.58. The highest BCUT2D eigenvalue weighted by Gasteiger charge is 2.20. The van der Waals surface area contributed by atoms with E-state index in [9.17, 15) is 5.11 Å². The maximum Gasteiger partial charge on any atom is 0.218 e. The summed E-state index contributed by atoms with van der Waals surface area (Å²) in [4.78, 5) is 12.8. The molecular weight excluding hydrogens is 280 g/mol. The van der Waals surface area contributed by atoms with Crippen molar-refractivity contribution in [1.29, 1.82) is 0 Å². The monoisotopic (exact) mass is 300 g/mol. The van der Waals surface area contributed by atoms with Gasteiger partial charge in [-0.25, -0.2) is 9.97 Å². The predicted octanol–water partition coefficient (Wildman–Crippen LogP) is 1.91. The van der Waals surface area contributed by atoms with Gasteiger partial charge in [-0.1, -0.05) is 12.1 Å². The lowest BCUT2D eigenvalue weighted by molar-refractivity contribution is 0.326. The standard InChI is InChI=1S/C16H20N4O2/c1-2-22-16-11-15(17-12-18-16)20-9-7-19(8-10-20)13-5-3-4-6-14(13)21/h3-6,11-12,21H,2,7-10H2,1H3. The fraction of sp³-hybridized carbons (Fsp3) is 0.375. The van der Waals surface area contributed by atoms with E-state index in [-0.39, 0.29) is 0 Å². The zero-order valence-corrected chi connectivity index (χ0v) is 12.6. The van der Waals surface area contributed by atoms with E-state index in [1.165, 1.54) is 6.33 Å². The number of aromatic nitrogens is 2. The van der Waals surface area contributed by atoms with Gasteiger partial charge in [-0.15, -0.1) is 0 Å². The Hall–Kier alpha value is -2.50. The van der Waals surface area contributed by atoms with Crippen LogP contribution in [0, 0.1) is 0 Å². The Bertz CT molecular complexity index is 627. The fourth-order valence-electron chi connectivity index (χ4n) is 2.64. The Morgan fingerprint density at radius 1 is 1.09 bits per heavy atom. The molecule has 116 valence electrons. The summed E-state index contributed by atoms with van der Waals surface area (Å²) >= 11 is 0. The van der Waals surface area contributed by atoms with Crippen molar-refractivity contribution < 1.29 is 9.84 Å². The molecule has 0 amide bonds. The average molecular weight is 300 g/mol. The van der Waals surface area contributed by atoms with Crippen LogP contribution in [0.2, 0.25) is 0 Å². The SMILES string of the molecule is CCOc1cc(N2CCN(c3ccccc3O)CC2)ncn1. The van der Waals surface area contributed by atoms with Gasteiger partial charge < -0.3 is 19.6 Å². The van der Waals surface area contributed by atoms with Crippen LogP contribution in [0.3, 0.4) is 0 Å². The fourth-order valence-corrected chi connectivity index (χ4v) is 2.64. The summed E-state index contributed by atoms with van der Waals surface area (Å²) in [6.07, 6.45) is 1.54. The lowest BCUT2D eigenvalue weighted by Crippen LogP contribution is -2.46. The van der Waals surface area contributed by atoms with Gasteiger partial charge in [0.25, 0.3) is 0 Å². The van der Waals surface area contributed by atoms with Crippen molar-refractivity contribution in [3.8, 4) is 11.6 Å². The van der Waals surface area contributed by atoms with Crippen LogP contribution in [0.4, 0.5) is 11.5 Å². The number of hydrogen-bond donors (Lipinski definition) is 1. The first kappa shape index (κ1) is 14.4. The molecule has 1 N–H and O–H groups in total. The van der Waals surface area contributed by atoms with Crippen molar-refractivity contribution in [2.75, 3.05) is 42.6 Å². The maximum atomic E-state index is 9.95. The van der Waals surface area contributed by atoms with Crippen LogP contribution >= 0.6 is 0 Å². The summed E-state index contributed by atoms with van der Waals surface area (Å²) in [6.45, 7) is 5.90. The van der Waals surface area contributed by atoms with Crippen LogP contribution in [0.1, 0.15) is 6.92 Å². The van der Waals surface area contributed by atoms with Crippen molar-refractivity contribution in [3.05, 3.63) is 36.7 Å². The molecule has 22 heavy (non-hydrogen) atoms. The molecule has 1 aromatic carbocycles. The van der Waals surface area contributed by atoms with Crippen LogP contribution < -0.4 is 14.5 Å². The Balaban J connectivity index is 1.67. The van der Waals surface area contributed by atoms with Crippen LogP contribution in [0.15, 0.2) is 36.7 Å². The summed E-state index contributed by atoms with van der Waals surface area (Å²) in [7, 11) is 0. The minimum absolute atomic E-state index is 0.330. The van der Waals surface area contributed by atoms with Gasteiger partial charge in [0.05, 0.1) is 12.3 Å². The Morgan fingerprint density at radius 2 is 1.82 bits per heavy atom.